The SMILES string of the molecule is CCC(C)[C@H](NC(=O)NC(C)c1ccccc1Cl)C(=O)O. The van der Waals surface area contributed by atoms with Gasteiger partial charge in [0.25, 0.3) is 0 Å². The molecule has 0 heterocycles. The summed E-state index contributed by atoms with van der Waals surface area (Å²) in [7, 11) is 0. The predicted octanol–water partition coefficient (Wildman–Crippen LogP) is 3.20. The summed E-state index contributed by atoms with van der Waals surface area (Å²) >= 11 is 6.07. The monoisotopic (exact) mass is 312 g/mol. The van der Waals surface area contributed by atoms with E-state index in [0.29, 0.717) is 11.4 Å². The second kappa shape index (κ2) is 7.88. The summed E-state index contributed by atoms with van der Waals surface area (Å²) in [6, 6.07) is 5.45. The number of nitrogens with one attached hydrogen (secondary N) is 2. The maximum Gasteiger partial charge on any atom is 0.326 e. The second-order valence-electron chi connectivity index (χ2n) is 5.06. The highest BCUT2D eigenvalue weighted by molar-refractivity contribution is 6.31. The Bertz CT molecular complexity index is 507. The molecule has 0 spiro atoms. The first kappa shape index (κ1) is 17.3. The van der Waals surface area contributed by atoms with Crippen molar-refractivity contribution in [2.75, 3.05) is 0 Å². The van der Waals surface area contributed by atoms with E-state index >= 15 is 0 Å². The third kappa shape index (κ3) is 4.93. The van der Waals surface area contributed by atoms with Crippen molar-refractivity contribution in [2.24, 2.45) is 5.92 Å². The molecule has 0 saturated heterocycles. The number of urea groups is 1. The molecule has 0 saturated carbocycles. The number of hydrogen-bond acceptors (Lipinski definition) is 2. The highest BCUT2D eigenvalue weighted by Crippen LogP contribution is 2.22. The number of carbonyl (C=O) groups is 2. The van der Waals surface area contributed by atoms with Gasteiger partial charge in [-0.2, -0.15) is 0 Å². The van der Waals surface area contributed by atoms with Gasteiger partial charge in [0.2, 0.25) is 0 Å². The third-order valence-electron chi connectivity index (χ3n) is 3.48. The number of rotatable bonds is 6. The summed E-state index contributed by atoms with van der Waals surface area (Å²) < 4.78 is 0. The Hall–Kier alpha value is -1.75. The molecule has 21 heavy (non-hydrogen) atoms. The largest absolute Gasteiger partial charge is 0.480 e. The first-order chi connectivity index (χ1) is 9.86. The molecule has 6 heteroatoms. The van der Waals surface area contributed by atoms with E-state index in [4.69, 9.17) is 16.7 Å². The molecular formula is C15H21ClN2O3. The zero-order valence-corrected chi connectivity index (χ0v) is 13.1. The Morgan fingerprint density at radius 1 is 1.24 bits per heavy atom. The van der Waals surface area contributed by atoms with Gasteiger partial charge in [0.1, 0.15) is 6.04 Å². The summed E-state index contributed by atoms with van der Waals surface area (Å²) in [5, 5.41) is 14.9. The standard InChI is InChI=1S/C15H21ClN2O3/c1-4-9(2)13(14(19)20)18-15(21)17-10(3)11-7-5-6-8-12(11)16/h5-10,13H,4H2,1-3H3,(H,19,20)(H2,17,18,21)/t9?,10?,13-/m0/s1. The van der Waals surface area contributed by atoms with Crippen LogP contribution in [0.4, 0.5) is 4.79 Å². The molecule has 1 aromatic rings. The number of halogens is 1. The molecule has 1 rings (SSSR count). The first-order valence-electron chi connectivity index (χ1n) is 6.91. The third-order valence-corrected chi connectivity index (χ3v) is 3.83. The Balaban J connectivity index is 2.68. The van der Waals surface area contributed by atoms with Crippen molar-refractivity contribution in [3.8, 4) is 0 Å². The number of hydrogen-bond donors (Lipinski definition) is 3. The van der Waals surface area contributed by atoms with Gasteiger partial charge in [-0.05, 0) is 24.5 Å². The Morgan fingerprint density at radius 2 is 1.86 bits per heavy atom. The fourth-order valence-electron chi connectivity index (χ4n) is 1.97. The van der Waals surface area contributed by atoms with Crippen LogP contribution in [0.1, 0.15) is 38.8 Å². The van der Waals surface area contributed by atoms with E-state index in [1.807, 2.05) is 25.1 Å². The van der Waals surface area contributed by atoms with E-state index in [1.165, 1.54) is 0 Å². The molecular weight excluding hydrogens is 292 g/mol. The molecule has 5 nitrogen and oxygen atoms in total. The van der Waals surface area contributed by atoms with Crippen LogP contribution in [0.5, 0.6) is 0 Å². The molecule has 3 atom stereocenters. The number of aliphatic carboxylic acids is 1. The van der Waals surface area contributed by atoms with E-state index in [9.17, 15) is 9.59 Å². The number of amides is 2. The van der Waals surface area contributed by atoms with Crippen LogP contribution in [0.15, 0.2) is 24.3 Å². The lowest BCUT2D eigenvalue weighted by Crippen LogP contribution is -2.49. The molecule has 0 radical (unpaired) electrons. The van der Waals surface area contributed by atoms with E-state index in [0.717, 1.165) is 5.56 Å². The van der Waals surface area contributed by atoms with Gasteiger partial charge in [-0.3, -0.25) is 0 Å². The molecule has 0 aliphatic heterocycles. The van der Waals surface area contributed by atoms with E-state index in [-0.39, 0.29) is 12.0 Å². The summed E-state index contributed by atoms with van der Waals surface area (Å²) in [4.78, 5) is 23.1. The Labute approximate surface area is 129 Å². The van der Waals surface area contributed by atoms with Crippen molar-refractivity contribution >= 4 is 23.6 Å². The fourth-order valence-corrected chi connectivity index (χ4v) is 2.27. The van der Waals surface area contributed by atoms with Gasteiger partial charge in [-0.25, -0.2) is 9.59 Å². The lowest BCUT2D eigenvalue weighted by atomic mass is 9.99. The summed E-state index contributed by atoms with van der Waals surface area (Å²) in [6.07, 6.45) is 0.664. The minimum Gasteiger partial charge on any atom is -0.480 e. The van der Waals surface area contributed by atoms with Crippen LogP contribution in [0.3, 0.4) is 0 Å². The van der Waals surface area contributed by atoms with Crippen LogP contribution in [0, 0.1) is 5.92 Å². The van der Waals surface area contributed by atoms with Crippen molar-refractivity contribution in [2.45, 2.75) is 39.3 Å². The fraction of sp³-hybridized carbons (Fsp3) is 0.467. The Morgan fingerprint density at radius 3 is 2.38 bits per heavy atom. The lowest BCUT2D eigenvalue weighted by molar-refractivity contribution is -0.140. The van der Waals surface area contributed by atoms with Gasteiger partial charge in [0.05, 0.1) is 6.04 Å². The highest BCUT2D eigenvalue weighted by atomic mass is 35.5. The van der Waals surface area contributed by atoms with Crippen LogP contribution in [0.25, 0.3) is 0 Å². The normalized spacial score (nSPS) is 14.9. The van der Waals surface area contributed by atoms with Crippen molar-refractivity contribution in [1.29, 1.82) is 0 Å². The molecule has 2 amide bonds. The second-order valence-corrected chi connectivity index (χ2v) is 5.47. The minimum atomic E-state index is -1.04. The summed E-state index contributed by atoms with van der Waals surface area (Å²) in [5.41, 5.74) is 0.782. The summed E-state index contributed by atoms with van der Waals surface area (Å²) in [6.45, 7) is 5.46. The zero-order chi connectivity index (χ0) is 16.0. The zero-order valence-electron chi connectivity index (χ0n) is 12.4. The number of carboxylic acids is 1. The maximum atomic E-state index is 11.9. The molecule has 116 valence electrons. The van der Waals surface area contributed by atoms with Crippen LogP contribution in [-0.4, -0.2) is 23.1 Å². The number of carbonyl (C=O) groups excluding carboxylic acids is 1. The van der Waals surface area contributed by atoms with Crippen molar-refractivity contribution < 1.29 is 14.7 Å². The lowest BCUT2D eigenvalue weighted by Gasteiger charge is -2.22. The molecule has 0 aromatic heterocycles. The van der Waals surface area contributed by atoms with Crippen molar-refractivity contribution in [3.63, 3.8) is 0 Å². The summed E-state index contributed by atoms with van der Waals surface area (Å²) in [5.74, 6) is -1.19. The van der Waals surface area contributed by atoms with Gasteiger partial charge in [0.15, 0.2) is 0 Å². The smallest absolute Gasteiger partial charge is 0.326 e. The Kier molecular flexibility index (Phi) is 6.49. The van der Waals surface area contributed by atoms with Crippen LogP contribution in [-0.2, 0) is 4.79 Å². The predicted molar refractivity (Wildman–Crippen MR) is 82.4 cm³/mol. The van der Waals surface area contributed by atoms with Crippen LogP contribution < -0.4 is 10.6 Å². The van der Waals surface area contributed by atoms with Gasteiger partial charge in [-0.15, -0.1) is 0 Å². The van der Waals surface area contributed by atoms with Gasteiger partial charge in [0, 0.05) is 5.02 Å². The van der Waals surface area contributed by atoms with Gasteiger partial charge in [-0.1, -0.05) is 50.1 Å². The molecule has 0 bridgehead atoms. The molecule has 0 aliphatic carbocycles. The topological polar surface area (TPSA) is 78.4 Å². The average Bonchev–Trinajstić information content (AvgIpc) is 2.44. The molecule has 2 unspecified atom stereocenters. The van der Waals surface area contributed by atoms with Gasteiger partial charge < -0.3 is 15.7 Å². The number of carboxylic acid groups (broad SMARTS) is 1. The minimum absolute atomic E-state index is 0.149. The highest BCUT2D eigenvalue weighted by Gasteiger charge is 2.25. The van der Waals surface area contributed by atoms with E-state index in [2.05, 4.69) is 10.6 Å². The molecule has 0 fully saturated rings. The van der Waals surface area contributed by atoms with Crippen molar-refractivity contribution in [3.05, 3.63) is 34.9 Å². The van der Waals surface area contributed by atoms with Crippen LogP contribution in [0.2, 0.25) is 5.02 Å². The van der Waals surface area contributed by atoms with E-state index in [1.54, 1.807) is 19.9 Å². The quantitative estimate of drug-likeness (QED) is 0.754. The maximum absolute atomic E-state index is 11.9. The van der Waals surface area contributed by atoms with Crippen molar-refractivity contribution in [1.82, 2.24) is 10.6 Å². The molecule has 0 aliphatic rings. The van der Waals surface area contributed by atoms with E-state index < -0.39 is 18.0 Å². The first-order valence-corrected chi connectivity index (χ1v) is 7.28. The molecule has 1 aromatic carbocycles. The number of benzene rings is 1. The molecule has 3 N–H and O–H groups in total. The average molecular weight is 313 g/mol. The van der Waals surface area contributed by atoms with Gasteiger partial charge >= 0.3 is 12.0 Å². The van der Waals surface area contributed by atoms with Crippen LogP contribution >= 0.6 is 11.6 Å².